The van der Waals surface area contributed by atoms with Crippen molar-refractivity contribution < 1.29 is 0 Å². The lowest BCUT2D eigenvalue weighted by molar-refractivity contribution is 1.28. The molecule has 8 aromatic carbocycles. The van der Waals surface area contributed by atoms with E-state index in [0.29, 0.717) is 11.2 Å². The van der Waals surface area contributed by atoms with Gasteiger partial charge in [0, 0.05) is 5.39 Å². The van der Waals surface area contributed by atoms with E-state index in [1.165, 1.54) is 54.6 Å². The predicted octanol–water partition coefficient (Wildman–Crippen LogP) is 12.0. The SMILES string of the molecule is N#Cc1cc2ccc(-c3cccc(-c4c5ccccc5c(-c5cccc6ccccc56)c5ccccc45)c3)cc2n2c1nc1ccccc12. The van der Waals surface area contributed by atoms with Gasteiger partial charge in [0.2, 0.25) is 0 Å². The molecule has 2 aromatic heterocycles. The zero-order valence-corrected chi connectivity index (χ0v) is 26.4. The van der Waals surface area contributed by atoms with Gasteiger partial charge in [0.15, 0.2) is 5.65 Å². The van der Waals surface area contributed by atoms with Crippen LogP contribution in [0, 0.1) is 11.3 Å². The molecule has 0 N–H and O–H groups in total. The molecular weight excluding hydrogens is 595 g/mol. The van der Waals surface area contributed by atoms with Crippen LogP contribution in [0.4, 0.5) is 0 Å². The fourth-order valence-corrected chi connectivity index (χ4v) is 7.82. The summed E-state index contributed by atoms with van der Waals surface area (Å²) in [5.74, 6) is 0. The number of imidazole rings is 1. The molecular formula is C46H27N3. The first-order valence-corrected chi connectivity index (χ1v) is 16.5. The van der Waals surface area contributed by atoms with Gasteiger partial charge in [0.25, 0.3) is 0 Å². The Hall–Kier alpha value is -6.76. The Bertz CT molecular complexity index is 2950. The van der Waals surface area contributed by atoms with Gasteiger partial charge >= 0.3 is 0 Å². The molecule has 0 radical (unpaired) electrons. The van der Waals surface area contributed by atoms with Gasteiger partial charge in [-0.3, -0.25) is 4.40 Å². The van der Waals surface area contributed by atoms with Gasteiger partial charge < -0.3 is 0 Å². The number of para-hydroxylation sites is 2. The topological polar surface area (TPSA) is 41.1 Å². The van der Waals surface area contributed by atoms with Crippen molar-refractivity contribution in [1.82, 2.24) is 9.38 Å². The van der Waals surface area contributed by atoms with Crippen LogP contribution in [0.5, 0.6) is 0 Å². The molecule has 49 heavy (non-hydrogen) atoms. The highest BCUT2D eigenvalue weighted by molar-refractivity contribution is 6.23. The van der Waals surface area contributed by atoms with E-state index in [1.807, 2.05) is 24.3 Å². The summed E-state index contributed by atoms with van der Waals surface area (Å²) in [5, 5.41) is 18.4. The van der Waals surface area contributed by atoms with Gasteiger partial charge in [-0.25, -0.2) is 4.98 Å². The Morgan fingerprint density at radius 3 is 1.84 bits per heavy atom. The molecule has 0 saturated carbocycles. The number of hydrogen-bond acceptors (Lipinski definition) is 2. The predicted molar refractivity (Wildman–Crippen MR) is 204 cm³/mol. The van der Waals surface area contributed by atoms with Crippen LogP contribution in [-0.2, 0) is 0 Å². The molecule has 2 heterocycles. The number of nitriles is 1. The number of aromatic nitrogens is 2. The van der Waals surface area contributed by atoms with Crippen molar-refractivity contribution in [3.63, 3.8) is 0 Å². The van der Waals surface area contributed by atoms with Crippen molar-refractivity contribution in [3.8, 4) is 39.4 Å². The molecule has 3 nitrogen and oxygen atoms in total. The second-order valence-corrected chi connectivity index (χ2v) is 12.7. The lowest BCUT2D eigenvalue weighted by Crippen LogP contribution is -1.93. The van der Waals surface area contributed by atoms with E-state index in [1.54, 1.807) is 0 Å². The standard InChI is InChI=1S/C46H27N3/c47-28-34-26-32-24-23-31(27-43(32)49-42-22-8-7-21-41(42)48-46(34)49)30-13-9-14-33(25-30)44-37-16-3-5-18-39(37)45(40-19-6-4-17-38(40)44)36-20-10-12-29-11-1-2-15-35(29)36/h1-27H. The summed E-state index contributed by atoms with van der Waals surface area (Å²) in [7, 11) is 0. The second kappa shape index (κ2) is 10.6. The van der Waals surface area contributed by atoms with Crippen molar-refractivity contribution in [3.05, 3.63) is 169 Å². The van der Waals surface area contributed by atoms with Crippen LogP contribution >= 0.6 is 0 Å². The van der Waals surface area contributed by atoms with Crippen molar-refractivity contribution in [2.24, 2.45) is 0 Å². The molecule has 0 bridgehead atoms. The Labute approximate surface area is 282 Å². The van der Waals surface area contributed by atoms with Crippen LogP contribution in [0.3, 0.4) is 0 Å². The summed E-state index contributed by atoms with van der Waals surface area (Å²) < 4.78 is 2.13. The lowest BCUT2D eigenvalue weighted by Gasteiger charge is -2.19. The first-order valence-electron chi connectivity index (χ1n) is 16.5. The van der Waals surface area contributed by atoms with Gasteiger partial charge in [-0.2, -0.15) is 5.26 Å². The maximum atomic E-state index is 9.97. The Morgan fingerprint density at radius 2 is 1.06 bits per heavy atom. The highest BCUT2D eigenvalue weighted by Gasteiger charge is 2.19. The van der Waals surface area contributed by atoms with Crippen LogP contribution < -0.4 is 0 Å². The average Bonchev–Trinajstić information content (AvgIpc) is 3.56. The molecule has 10 rings (SSSR count). The van der Waals surface area contributed by atoms with Crippen molar-refractivity contribution in [1.29, 1.82) is 5.26 Å². The van der Waals surface area contributed by atoms with Crippen molar-refractivity contribution >= 4 is 59.9 Å². The normalized spacial score (nSPS) is 11.7. The molecule has 10 aromatic rings. The van der Waals surface area contributed by atoms with E-state index < -0.39 is 0 Å². The summed E-state index contributed by atoms with van der Waals surface area (Å²) >= 11 is 0. The summed E-state index contributed by atoms with van der Waals surface area (Å²) in [5.41, 5.74) is 11.3. The van der Waals surface area contributed by atoms with Gasteiger partial charge in [-0.15, -0.1) is 0 Å². The second-order valence-electron chi connectivity index (χ2n) is 12.7. The van der Waals surface area contributed by atoms with E-state index in [4.69, 9.17) is 4.98 Å². The lowest BCUT2D eigenvalue weighted by atomic mass is 9.84. The zero-order valence-electron chi connectivity index (χ0n) is 26.4. The Kier molecular flexibility index (Phi) is 5.94. The smallest absolute Gasteiger partial charge is 0.156 e. The van der Waals surface area contributed by atoms with E-state index in [2.05, 4.69) is 150 Å². The zero-order chi connectivity index (χ0) is 32.5. The minimum absolute atomic E-state index is 0.573. The fourth-order valence-electron chi connectivity index (χ4n) is 7.82. The first kappa shape index (κ1) is 27.4. The van der Waals surface area contributed by atoms with Gasteiger partial charge in [-0.1, -0.05) is 133 Å². The maximum Gasteiger partial charge on any atom is 0.156 e. The molecule has 0 spiro atoms. The molecule has 3 heteroatoms. The minimum atomic E-state index is 0.573. The molecule has 0 aliphatic carbocycles. The number of hydrogen-bond donors (Lipinski definition) is 0. The van der Waals surface area contributed by atoms with Crippen molar-refractivity contribution in [2.75, 3.05) is 0 Å². The van der Waals surface area contributed by atoms with Crippen LogP contribution in [0.2, 0.25) is 0 Å². The van der Waals surface area contributed by atoms with Crippen molar-refractivity contribution in [2.45, 2.75) is 0 Å². The fraction of sp³-hybridized carbons (Fsp3) is 0. The van der Waals surface area contributed by atoms with Crippen LogP contribution in [0.15, 0.2) is 164 Å². The van der Waals surface area contributed by atoms with Crippen LogP contribution in [0.25, 0.3) is 93.3 Å². The van der Waals surface area contributed by atoms with Gasteiger partial charge in [0.05, 0.1) is 22.1 Å². The Morgan fingerprint density at radius 1 is 0.449 bits per heavy atom. The molecule has 0 unspecified atom stereocenters. The molecule has 0 aliphatic heterocycles. The monoisotopic (exact) mass is 621 g/mol. The summed E-state index contributed by atoms with van der Waals surface area (Å²) in [4.78, 5) is 4.84. The Balaban J connectivity index is 1.22. The maximum absolute atomic E-state index is 9.97. The van der Waals surface area contributed by atoms with E-state index in [0.717, 1.165) is 33.1 Å². The summed E-state index contributed by atoms with van der Waals surface area (Å²) in [6.45, 7) is 0. The van der Waals surface area contributed by atoms with Gasteiger partial charge in [0.1, 0.15) is 6.07 Å². The van der Waals surface area contributed by atoms with Gasteiger partial charge in [-0.05, 0) is 96.0 Å². The highest BCUT2D eigenvalue weighted by atomic mass is 15.0. The summed E-state index contributed by atoms with van der Waals surface area (Å²) in [6.07, 6.45) is 0. The molecule has 0 saturated heterocycles. The van der Waals surface area contributed by atoms with E-state index >= 15 is 0 Å². The third kappa shape index (κ3) is 4.11. The van der Waals surface area contributed by atoms with E-state index in [-0.39, 0.29) is 0 Å². The summed E-state index contributed by atoms with van der Waals surface area (Å²) in [6, 6.07) is 60.8. The van der Waals surface area contributed by atoms with E-state index in [9.17, 15) is 5.26 Å². The molecule has 0 amide bonds. The quantitative estimate of drug-likeness (QED) is 0.184. The average molecular weight is 622 g/mol. The molecule has 0 aliphatic rings. The van der Waals surface area contributed by atoms with Crippen LogP contribution in [0.1, 0.15) is 5.56 Å². The number of rotatable bonds is 3. The molecule has 0 fully saturated rings. The highest BCUT2D eigenvalue weighted by Crippen LogP contribution is 2.45. The number of fused-ring (bicyclic) bond motifs is 8. The number of benzene rings is 8. The molecule has 0 atom stereocenters. The van der Waals surface area contributed by atoms with Crippen LogP contribution in [-0.4, -0.2) is 9.38 Å². The third-order valence-electron chi connectivity index (χ3n) is 9.97. The largest absolute Gasteiger partial charge is 0.291 e. The minimum Gasteiger partial charge on any atom is -0.291 e. The third-order valence-corrected chi connectivity index (χ3v) is 9.97. The first-order chi connectivity index (χ1) is 24.3. The number of pyridine rings is 1. The number of nitrogens with zero attached hydrogens (tertiary/aromatic N) is 3. The molecule has 226 valence electrons.